The second-order valence-corrected chi connectivity index (χ2v) is 20.4. The number of aromatic nitrogens is 1. The van der Waals surface area contributed by atoms with E-state index in [-0.39, 0.29) is 36.7 Å². The summed E-state index contributed by atoms with van der Waals surface area (Å²) in [4.78, 5) is 18.8. The number of fused-ring (bicyclic) bond motifs is 2. The monoisotopic (exact) mass is 913 g/mol. The van der Waals surface area contributed by atoms with Crippen molar-refractivity contribution in [3.8, 4) is 0 Å². The average Bonchev–Trinajstić information content (AvgIpc) is 3.48. The molecule has 1 aromatic heterocycles. The van der Waals surface area contributed by atoms with E-state index in [0.717, 1.165) is 21.4 Å². The molecular weight excluding hydrogens is 863 g/mol. The van der Waals surface area contributed by atoms with E-state index in [1.807, 2.05) is 66.7 Å². The Morgan fingerprint density at radius 3 is 2.37 bits per heavy atom. The first-order chi connectivity index (χ1) is 26.6. The molecule has 1 atom stereocenters. The van der Waals surface area contributed by atoms with Crippen molar-refractivity contribution >= 4 is 69.4 Å². The molecule has 2 aliphatic heterocycles. The van der Waals surface area contributed by atoms with E-state index in [4.69, 9.17) is 10.7 Å². The molecule has 0 saturated heterocycles. The summed E-state index contributed by atoms with van der Waals surface area (Å²) in [5.41, 5.74) is 7.89. The maximum absolute atomic E-state index is 12.3. The number of halogens is 1. The van der Waals surface area contributed by atoms with Gasteiger partial charge in [0.1, 0.15) is 6.20 Å². The van der Waals surface area contributed by atoms with Gasteiger partial charge in [-0.05, 0) is 122 Å². The van der Waals surface area contributed by atoms with Gasteiger partial charge in [0.15, 0.2) is 5.71 Å². The highest BCUT2D eigenvalue weighted by molar-refractivity contribution is 9.10. The fraction of sp³-hybridized carbons (Fsp3) is 0.500. The number of nitrogens with zero attached hydrogens (tertiary/aromatic N) is 3. The summed E-state index contributed by atoms with van der Waals surface area (Å²) in [6, 6.07) is 6.29. The molecule has 2 aliphatic rings. The molecule has 3 heterocycles. The SMILES string of the molecule is CC1(C)C(/C=C/C=C/C=C2/N(CCCS(=O)(=O)O)c3ccc(S(=O)(=O)O)cc3C2(C)CCCCCC(=O)NCCCN)=Nc2c1cc(Br)c[n+]2CCCS(=O)(=O)[O-]. The number of amides is 1. The van der Waals surface area contributed by atoms with Crippen LogP contribution in [0.25, 0.3) is 0 Å². The Morgan fingerprint density at radius 2 is 1.70 bits per heavy atom. The van der Waals surface area contributed by atoms with Gasteiger partial charge in [0.2, 0.25) is 5.91 Å². The molecule has 57 heavy (non-hydrogen) atoms. The number of allylic oxidation sites excluding steroid dienone is 6. The van der Waals surface area contributed by atoms with Crippen molar-refractivity contribution in [3.63, 3.8) is 0 Å². The first kappa shape index (κ1) is 46.4. The van der Waals surface area contributed by atoms with E-state index in [0.29, 0.717) is 68.7 Å². The zero-order valence-electron chi connectivity index (χ0n) is 32.4. The highest BCUT2D eigenvalue weighted by atomic mass is 79.9. The minimum Gasteiger partial charge on any atom is -0.748 e. The first-order valence-electron chi connectivity index (χ1n) is 18.7. The smallest absolute Gasteiger partial charge is 0.327 e. The quantitative estimate of drug-likeness (QED) is 0.0575. The van der Waals surface area contributed by atoms with Crippen LogP contribution in [0.1, 0.15) is 83.3 Å². The Bertz CT molecular complexity index is 2270. The van der Waals surface area contributed by atoms with Crippen molar-refractivity contribution in [2.75, 3.05) is 36.0 Å². The van der Waals surface area contributed by atoms with Crippen LogP contribution in [-0.2, 0) is 52.5 Å². The van der Waals surface area contributed by atoms with Crippen LogP contribution in [0.15, 0.2) is 80.9 Å². The summed E-state index contributed by atoms with van der Waals surface area (Å²) >= 11 is 3.53. The average molecular weight is 915 g/mol. The number of nitrogens with two attached hydrogens (primary N) is 1. The summed E-state index contributed by atoms with van der Waals surface area (Å²) < 4.78 is 103. The molecule has 15 nitrogen and oxygen atoms in total. The van der Waals surface area contributed by atoms with Crippen LogP contribution >= 0.6 is 15.9 Å². The van der Waals surface area contributed by atoms with Crippen molar-refractivity contribution in [2.24, 2.45) is 10.7 Å². The van der Waals surface area contributed by atoms with Crippen molar-refractivity contribution in [1.82, 2.24) is 5.32 Å². The number of hydrogen-bond acceptors (Lipinski definition) is 11. The fourth-order valence-corrected chi connectivity index (χ4v) is 9.19. The molecule has 1 aromatic carbocycles. The largest absolute Gasteiger partial charge is 0.748 e. The molecule has 314 valence electrons. The van der Waals surface area contributed by atoms with E-state index >= 15 is 0 Å². The molecule has 1 amide bonds. The number of anilines is 1. The van der Waals surface area contributed by atoms with Gasteiger partial charge < -0.3 is 20.5 Å². The van der Waals surface area contributed by atoms with Gasteiger partial charge in [-0.25, -0.2) is 13.0 Å². The third-order valence-electron chi connectivity index (χ3n) is 10.2. The standard InChI is InChI=1S/C38H52BrN5O10S3/c1-37(2)31-25-28(39)27-43(21-11-23-55(46,47)48)36(31)42-33(37)13-6-4-7-14-34-38(3,18-9-5-8-15-35(45)41-20-10-19-40)30-26-29(57(52,53)54)16-17-32(30)44(34)22-12-24-56(49,50)51/h4,6-7,13-14,16-17,25-27H,5,8-12,15,18-24,40H2,1-3H3,(H3-,41,45,46,47,48,49,50,51,52,53,54). The van der Waals surface area contributed by atoms with Gasteiger partial charge in [-0.15, -0.1) is 0 Å². The van der Waals surface area contributed by atoms with Gasteiger partial charge in [0, 0.05) is 42.1 Å². The van der Waals surface area contributed by atoms with Gasteiger partial charge in [-0.2, -0.15) is 16.8 Å². The number of aryl methyl sites for hydroxylation is 1. The van der Waals surface area contributed by atoms with Gasteiger partial charge in [0.05, 0.1) is 42.8 Å². The molecule has 0 saturated carbocycles. The lowest BCUT2D eigenvalue weighted by atomic mass is 9.77. The molecule has 19 heteroatoms. The molecule has 0 aliphatic carbocycles. The van der Waals surface area contributed by atoms with Crippen LogP contribution in [0.2, 0.25) is 0 Å². The lowest BCUT2D eigenvalue weighted by Crippen LogP contribution is -2.36. The third-order valence-corrected chi connectivity index (χ3v) is 13.1. The summed E-state index contributed by atoms with van der Waals surface area (Å²) in [6.45, 7) is 7.48. The minimum absolute atomic E-state index is 0.0567. The number of carbonyl (C=O) groups excluding carboxylic acids is 1. The first-order valence-corrected chi connectivity index (χ1v) is 24.1. The number of unbranched alkanes of at least 4 members (excludes halogenated alkanes) is 2. The molecule has 5 N–H and O–H groups in total. The predicted molar refractivity (Wildman–Crippen MR) is 222 cm³/mol. The van der Waals surface area contributed by atoms with Crippen molar-refractivity contribution in [2.45, 2.75) is 94.4 Å². The maximum atomic E-state index is 12.3. The lowest BCUT2D eigenvalue weighted by Gasteiger charge is -2.30. The Labute approximate surface area is 344 Å². The third kappa shape index (κ3) is 12.6. The van der Waals surface area contributed by atoms with Crippen molar-refractivity contribution < 1.29 is 48.3 Å². The van der Waals surface area contributed by atoms with Crippen LogP contribution in [0.5, 0.6) is 0 Å². The molecule has 0 radical (unpaired) electrons. The summed E-state index contributed by atoms with van der Waals surface area (Å²) in [7, 11) is -13.2. The molecule has 2 aromatic rings. The van der Waals surface area contributed by atoms with E-state index in [9.17, 15) is 43.7 Å². The van der Waals surface area contributed by atoms with Crippen LogP contribution in [-0.4, -0.2) is 81.7 Å². The molecule has 4 rings (SSSR count). The van der Waals surface area contributed by atoms with Gasteiger partial charge in [-0.1, -0.05) is 31.1 Å². The van der Waals surface area contributed by atoms with E-state index in [2.05, 4.69) is 21.2 Å². The number of benzene rings is 1. The second kappa shape index (κ2) is 19.2. The van der Waals surface area contributed by atoms with Gasteiger partial charge in [-0.3, -0.25) is 13.9 Å². The number of hydrogen-bond donors (Lipinski definition) is 4. The second-order valence-electron chi connectivity index (χ2n) is 15.0. The highest BCUT2D eigenvalue weighted by Crippen LogP contribution is 2.51. The molecule has 0 bridgehead atoms. The van der Waals surface area contributed by atoms with Crippen LogP contribution < -0.4 is 20.5 Å². The number of aliphatic imine (C=N–C) groups is 1. The predicted octanol–water partition coefficient (Wildman–Crippen LogP) is 4.75. The van der Waals surface area contributed by atoms with Gasteiger partial charge >= 0.3 is 5.82 Å². The Morgan fingerprint density at radius 1 is 0.965 bits per heavy atom. The van der Waals surface area contributed by atoms with Crippen molar-refractivity contribution in [1.29, 1.82) is 0 Å². The maximum Gasteiger partial charge on any atom is 0.327 e. The number of rotatable bonds is 21. The fourth-order valence-electron chi connectivity index (χ4n) is 7.23. The Kier molecular flexibility index (Phi) is 15.6. The zero-order chi connectivity index (χ0) is 42.2. The topological polar surface area (TPSA) is 241 Å². The van der Waals surface area contributed by atoms with Crippen LogP contribution in [0.3, 0.4) is 0 Å². The summed E-state index contributed by atoms with van der Waals surface area (Å²) in [5.74, 6) is -0.362. The lowest BCUT2D eigenvalue weighted by molar-refractivity contribution is -0.684. The van der Waals surface area contributed by atoms with Crippen LogP contribution in [0.4, 0.5) is 11.5 Å². The molecule has 1 unspecified atom stereocenters. The molecular formula is C38H52BrN5O10S3. The van der Waals surface area contributed by atoms with E-state index in [1.165, 1.54) is 12.1 Å². The minimum atomic E-state index is -4.55. The van der Waals surface area contributed by atoms with Crippen LogP contribution in [0, 0.1) is 0 Å². The molecule has 0 spiro atoms. The van der Waals surface area contributed by atoms with E-state index < -0.39 is 52.7 Å². The summed E-state index contributed by atoms with van der Waals surface area (Å²) in [5, 5.41) is 2.85. The Hall–Kier alpha value is -3.30. The molecule has 0 fully saturated rings. The number of nitrogens with one attached hydrogen (secondary N) is 1. The summed E-state index contributed by atoms with van der Waals surface area (Å²) in [6.07, 6.45) is 14.8. The number of carbonyl (C=O) groups is 1. The zero-order valence-corrected chi connectivity index (χ0v) is 36.4. The normalized spacial score (nSPS) is 18.8. The Balaban J connectivity index is 1.64. The highest BCUT2D eigenvalue weighted by Gasteiger charge is 2.44. The number of pyridine rings is 1. The van der Waals surface area contributed by atoms with Gasteiger partial charge in [0.25, 0.3) is 20.2 Å². The van der Waals surface area contributed by atoms with Crippen molar-refractivity contribution in [3.05, 3.63) is 82.1 Å². The van der Waals surface area contributed by atoms with E-state index in [1.54, 1.807) is 12.3 Å².